The summed E-state index contributed by atoms with van der Waals surface area (Å²) in [5.41, 5.74) is 5.08. The number of carbonyl (C=O) groups is 1. The molecule has 3 rings (SSSR count). The predicted molar refractivity (Wildman–Crippen MR) is 157 cm³/mol. The van der Waals surface area contributed by atoms with Gasteiger partial charge in [0.1, 0.15) is 5.75 Å². The van der Waals surface area contributed by atoms with Gasteiger partial charge in [0.15, 0.2) is 0 Å². The fourth-order valence-corrected chi connectivity index (χ4v) is 4.77. The summed E-state index contributed by atoms with van der Waals surface area (Å²) in [6, 6.07) is 24.2. The standard InChI is InChI=1S/C33H44N2O2/c1-4-6-8-10-13-26(3)35(31-21-19-30(20-22-31)34-29-15-11-9-12-16-29)33(37)24-18-27-17-23-32(36)28(25-27)14-7-5-2/h9,11-12,15-17,19-23,25-26,34,36H,4-8,10,13-14,18,24H2,1-3H3. The van der Waals surface area contributed by atoms with Gasteiger partial charge in [-0.25, -0.2) is 0 Å². The van der Waals surface area contributed by atoms with Crippen molar-refractivity contribution in [3.63, 3.8) is 0 Å². The molecule has 0 aromatic heterocycles. The van der Waals surface area contributed by atoms with Crippen molar-refractivity contribution < 1.29 is 9.90 Å². The summed E-state index contributed by atoms with van der Waals surface area (Å²) in [5, 5.41) is 13.6. The van der Waals surface area contributed by atoms with Crippen molar-refractivity contribution in [1.82, 2.24) is 0 Å². The number of hydrogen-bond acceptors (Lipinski definition) is 3. The highest BCUT2D eigenvalue weighted by Gasteiger charge is 2.22. The van der Waals surface area contributed by atoms with Crippen LogP contribution in [0.3, 0.4) is 0 Å². The maximum absolute atomic E-state index is 13.6. The second-order valence-electron chi connectivity index (χ2n) is 10.1. The number of hydrogen-bond donors (Lipinski definition) is 2. The summed E-state index contributed by atoms with van der Waals surface area (Å²) in [7, 11) is 0. The molecule has 1 atom stereocenters. The third-order valence-electron chi connectivity index (χ3n) is 6.96. The van der Waals surface area contributed by atoms with Gasteiger partial charge in [-0.3, -0.25) is 4.79 Å². The molecule has 0 fully saturated rings. The van der Waals surface area contributed by atoms with Gasteiger partial charge in [-0.2, -0.15) is 0 Å². The van der Waals surface area contributed by atoms with Gasteiger partial charge in [0, 0.05) is 29.5 Å². The van der Waals surface area contributed by atoms with Crippen LogP contribution < -0.4 is 10.2 Å². The van der Waals surface area contributed by atoms with Crippen LogP contribution in [0, 0.1) is 0 Å². The second kappa shape index (κ2) is 15.1. The molecule has 4 heteroatoms. The number of unbranched alkanes of at least 4 members (excludes halogenated alkanes) is 4. The summed E-state index contributed by atoms with van der Waals surface area (Å²) < 4.78 is 0. The van der Waals surface area contributed by atoms with Crippen LogP contribution in [0.15, 0.2) is 72.8 Å². The summed E-state index contributed by atoms with van der Waals surface area (Å²) in [6.07, 6.45) is 9.90. The van der Waals surface area contributed by atoms with Crippen molar-refractivity contribution in [3.8, 4) is 5.75 Å². The van der Waals surface area contributed by atoms with E-state index in [1.165, 1.54) is 19.3 Å². The maximum atomic E-state index is 13.6. The summed E-state index contributed by atoms with van der Waals surface area (Å²) in [5.74, 6) is 0.505. The van der Waals surface area contributed by atoms with Crippen molar-refractivity contribution in [1.29, 1.82) is 0 Å². The molecule has 0 bridgehead atoms. The van der Waals surface area contributed by atoms with Crippen LogP contribution in [0.5, 0.6) is 5.75 Å². The number of phenolic OH excluding ortho intramolecular Hbond substituents is 1. The van der Waals surface area contributed by atoms with Crippen LogP contribution in [0.4, 0.5) is 17.1 Å². The van der Waals surface area contributed by atoms with E-state index in [1.54, 1.807) is 6.07 Å². The molecule has 0 aliphatic carbocycles. The van der Waals surface area contributed by atoms with Crippen molar-refractivity contribution >= 4 is 23.0 Å². The molecule has 3 aromatic rings. The minimum Gasteiger partial charge on any atom is -0.508 e. The van der Waals surface area contributed by atoms with Crippen LogP contribution in [0.2, 0.25) is 0 Å². The first-order chi connectivity index (χ1) is 18.0. The number of nitrogens with one attached hydrogen (secondary N) is 1. The van der Waals surface area contributed by atoms with E-state index >= 15 is 0 Å². The summed E-state index contributed by atoms with van der Waals surface area (Å²) >= 11 is 0. The van der Waals surface area contributed by atoms with E-state index in [9.17, 15) is 9.90 Å². The summed E-state index contributed by atoms with van der Waals surface area (Å²) in [4.78, 5) is 15.6. The van der Waals surface area contributed by atoms with E-state index in [1.807, 2.05) is 53.4 Å². The lowest BCUT2D eigenvalue weighted by molar-refractivity contribution is -0.119. The normalized spacial score (nSPS) is 11.8. The number of benzene rings is 3. The zero-order valence-electron chi connectivity index (χ0n) is 22.9. The monoisotopic (exact) mass is 500 g/mol. The number of carbonyl (C=O) groups excluding carboxylic acids is 1. The maximum Gasteiger partial charge on any atom is 0.227 e. The van der Waals surface area contributed by atoms with Crippen LogP contribution in [-0.4, -0.2) is 17.1 Å². The number of aromatic hydroxyl groups is 1. The van der Waals surface area contributed by atoms with Crippen molar-refractivity contribution in [2.24, 2.45) is 0 Å². The molecule has 2 N–H and O–H groups in total. The number of aryl methyl sites for hydroxylation is 2. The Labute approximate surface area is 223 Å². The highest BCUT2D eigenvalue weighted by molar-refractivity contribution is 5.94. The lowest BCUT2D eigenvalue weighted by Gasteiger charge is -2.30. The SMILES string of the molecule is CCCCCCC(C)N(C(=O)CCc1ccc(O)c(CCCC)c1)c1ccc(Nc2ccccc2)cc1. The van der Waals surface area contributed by atoms with Gasteiger partial charge in [-0.15, -0.1) is 0 Å². The largest absolute Gasteiger partial charge is 0.508 e. The number of nitrogens with zero attached hydrogens (tertiary/aromatic N) is 1. The summed E-state index contributed by atoms with van der Waals surface area (Å²) in [6.45, 7) is 6.55. The molecule has 0 aliphatic heterocycles. The second-order valence-corrected chi connectivity index (χ2v) is 10.1. The first-order valence-corrected chi connectivity index (χ1v) is 14.1. The van der Waals surface area contributed by atoms with E-state index in [4.69, 9.17) is 0 Å². The first kappa shape index (κ1) is 28.3. The number of phenols is 1. The molecule has 1 unspecified atom stereocenters. The molecule has 0 spiro atoms. The minimum absolute atomic E-state index is 0.136. The molecule has 0 aliphatic rings. The van der Waals surface area contributed by atoms with Crippen LogP contribution in [-0.2, 0) is 17.6 Å². The first-order valence-electron chi connectivity index (χ1n) is 14.1. The molecule has 0 saturated heterocycles. The Bertz CT molecular complexity index is 1080. The average molecular weight is 501 g/mol. The van der Waals surface area contributed by atoms with E-state index in [-0.39, 0.29) is 11.9 Å². The Hall–Kier alpha value is -3.27. The van der Waals surface area contributed by atoms with Crippen LogP contribution in [0.1, 0.15) is 83.3 Å². The molecular formula is C33H44N2O2. The lowest BCUT2D eigenvalue weighted by atomic mass is 10.0. The van der Waals surface area contributed by atoms with Crippen molar-refractivity contribution in [2.45, 2.75) is 91.0 Å². The number of amides is 1. The fourth-order valence-electron chi connectivity index (χ4n) is 4.77. The third-order valence-corrected chi connectivity index (χ3v) is 6.96. The smallest absolute Gasteiger partial charge is 0.227 e. The minimum atomic E-state index is 0.136. The predicted octanol–water partition coefficient (Wildman–Crippen LogP) is 8.80. The molecule has 0 saturated carbocycles. The molecule has 0 heterocycles. The highest BCUT2D eigenvalue weighted by atomic mass is 16.3. The van der Waals surface area contributed by atoms with Gasteiger partial charge in [0.25, 0.3) is 0 Å². The topological polar surface area (TPSA) is 52.6 Å². The average Bonchev–Trinajstić information content (AvgIpc) is 2.91. The number of rotatable bonds is 15. The van der Waals surface area contributed by atoms with Crippen LogP contribution in [0.25, 0.3) is 0 Å². The van der Waals surface area contributed by atoms with Gasteiger partial charge in [0.05, 0.1) is 0 Å². The molecule has 37 heavy (non-hydrogen) atoms. The molecule has 198 valence electrons. The number of para-hydroxylation sites is 1. The van der Waals surface area contributed by atoms with E-state index in [0.717, 1.165) is 60.3 Å². The van der Waals surface area contributed by atoms with E-state index < -0.39 is 0 Å². The fraction of sp³-hybridized carbons (Fsp3) is 0.424. The van der Waals surface area contributed by atoms with Gasteiger partial charge in [-0.1, -0.05) is 76.3 Å². The lowest BCUT2D eigenvalue weighted by Crippen LogP contribution is -2.39. The third kappa shape index (κ3) is 8.96. The Morgan fingerprint density at radius 3 is 2.24 bits per heavy atom. The van der Waals surface area contributed by atoms with Crippen molar-refractivity contribution in [3.05, 3.63) is 83.9 Å². The molecule has 0 radical (unpaired) electrons. The Morgan fingerprint density at radius 1 is 0.838 bits per heavy atom. The molecule has 3 aromatic carbocycles. The molecule has 1 amide bonds. The van der Waals surface area contributed by atoms with E-state index in [2.05, 4.69) is 44.3 Å². The Morgan fingerprint density at radius 2 is 1.54 bits per heavy atom. The van der Waals surface area contributed by atoms with Gasteiger partial charge in [-0.05, 0) is 86.2 Å². The quantitative estimate of drug-likeness (QED) is 0.205. The Balaban J connectivity index is 1.72. The van der Waals surface area contributed by atoms with Crippen LogP contribution >= 0.6 is 0 Å². The number of anilines is 3. The zero-order valence-corrected chi connectivity index (χ0v) is 22.9. The highest BCUT2D eigenvalue weighted by Crippen LogP contribution is 2.26. The Kier molecular flexibility index (Phi) is 11.5. The molecular weight excluding hydrogens is 456 g/mol. The van der Waals surface area contributed by atoms with Gasteiger partial charge < -0.3 is 15.3 Å². The molecule has 4 nitrogen and oxygen atoms in total. The van der Waals surface area contributed by atoms with Gasteiger partial charge in [0.2, 0.25) is 5.91 Å². The van der Waals surface area contributed by atoms with E-state index in [0.29, 0.717) is 18.6 Å². The zero-order chi connectivity index (χ0) is 26.5. The van der Waals surface area contributed by atoms with Gasteiger partial charge >= 0.3 is 0 Å². The van der Waals surface area contributed by atoms with Crippen molar-refractivity contribution in [2.75, 3.05) is 10.2 Å².